The zero-order valence-corrected chi connectivity index (χ0v) is 12.6. The quantitative estimate of drug-likeness (QED) is 0.834. The molecule has 0 atom stereocenters. The van der Waals surface area contributed by atoms with Gasteiger partial charge in [-0.3, -0.25) is 4.79 Å². The number of carbonyl (C=O) groups is 1. The molecule has 0 fully saturated rings. The molecule has 5 heteroatoms. The van der Waals surface area contributed by atoms with Gasteiger partial charge < -0.3 is 15.5 Å². The van der Waals surface area contributed by atoms with Crippen LogP contribution < -0.4 is 10.6 Å². The van der Waals surface area contributed by atoms with E-state index in [4.69, 9.17) is 11.0 Å². The van der Waals surface area contributed by atoms with Gasteiger partial charge in [0.2, 0.25) is 0 Å². The van der Waals surface area contributed by atoms with Gasteiger partial charge in [-0.15, -0.1) is 0 Å². The summed E-state index contributed by atoms with van der Waals surface area (Å²) < 4.78 is 0. The van der Waals surface area contributed by atoms with E-state index in [-0.39, 0.29) is 11.9 Å². The van der Waals surface area contributed by atoms with Gasteiger partial charge in [-0.2, -0.15) is 5.26 Å². The molecule has 5 nitrogen and oxygen atoms in total. The summed E-state index contributed by atoms with van der Waals surface area (Å²) in [4.78, 5) is 16.3. The number of hydrogen-bond donors (Lipinski definition) is 1. The summed E-state index contributed by atoms with van der Waals surface area (Å²) in [6.07, 6.45) is 0.323. The van der Waals surface area contributed by atoms with Crippen LogP contribution in [0.5, 0.6) is 0 Å². The Bertz CT molecular complexity index is 517. The van der Waals surface area contributed by atoms with Crippen molar-refractivity contribution in [1.29, 1.82) is 5.26 Å². The van der Waals surface area contributed by atoms with Crippen molar-refractivity contribution < 1.29 is 4.79 Å². The molecule has 20 heavy (non-hydrogen) atoms. The molecule has 1 aromatic carbocycles. The summed E-state index contributed by atoms with van der Waals surface area (Å²) in [5.41, 5.74) is 7.76. The number of nitrogen functional groups attached to an aromatic ring is 1. The highest BCUT2D eigenvalue weighted by atomic mass is 16.2. The van der Waals surface area contributed by atoms with Crippen LogP contribution in [0.15, 0.2) is 18.2 Å². The van der Waals surface area contributed by atoms with Crippen LogP contribution in [0.2, 0.25) is 0 Å². The first-order chi connectivity index (χ1) is 9.38. The van der Waals surface area contributed by atoms with E-state index in [2.05, 4.69) is 6.07 Å². The molecule has 0 bridgehead atoms. The average molecular weight is 274 g/mol. The van der Waals surface area contributed by atoms with Crippen molar-refractivity contribution in [2.24, 2.45) is 0 Å². The minimum absolute atomic E-state index is 0.0345. The zero-order valence-electron chi connectivity index (χ0n) is 12.6. The van der Waals surface area contributed by atoms with E-state index >= 15 is 0 Å². The molecule has 0 radical (unpaired) electrons. The van der Waals surface area contributed by atoms with E-state index in [1.165, 1.54) is 0 Å². The molecule has 0 unspecified atom stereocenters. The normalized spacial score (nSPS) is 10.2. The maximum absolute atomic E-state index is 12.7. The summed E-state index contributed by atoms with van der Waals surface area (Å²) in [5, 5.41) is 8.72. The van der Waals surface area contributed by atoms with Crippen molar-refractivity contribution in [3.05, 3.63) is 23.8 Å². The number of amides is 1. The molecule has 1 amide bonds. The third kappa shape index (κ3) is 3.64. The topological polar surface area (TPSA) is 73.4 Å². The Morgan fingerprint density at radius 2 is 2.05 bits per heavy atom. The third-order valence-electron chi connectivity index (χ3n) is 3.08. The molecule has 0 spiro atoms. The number of carbonyl (C=O) groups excluding carboxylic acids is 1. The lowest BCUT2D eigenvalue weighted by atomic mass is 10.1. The first kappa shape index (κ1) is 15.8. The second kappa shape index (κ2) is 6.80. The molecule has 1 rings (SSSR count). The van der Waals surface area contributed by atoms with E-state index in [9.17, 15) is 4.79 Å². The lowest BCUT2D eigenvalue weighted by Gasteiger charge is -2.28. The van der Waals surface area contributed by atoms with Crippen molar-refractivity contribution in [3.63, 3.8) is 0 Å². The summed E-state index contributed by atoms with van der Waals surface area (Å²) in [6.45, 7) is 4.31. The number of hydrogen-bond acceptors (Lipinski definition) is 4. The van der Waals surface area contributed by atoms with E-state index in [1.807, 2.05) is 38.9 Å². The Balaban J connectivity index is 3.17. The largest absolute Gasteiger partial charge is 0.399 e. The molecular weight excluding hydrogens is 252 g/mol. The molecule has 0 aliphatic rings. The summed E-state index contributed by atoms with van der Waals surface area (Å²) >= 11 is 0. The van der Waals surface area contributed by atoms with Crippen molar-refractivity contribution >= 4 is 17.3 Å². The highest BCUT2D eigenvalue weighted by Gasteiger charge is 2.22. The van der Waals surface area contributed by atoms with Gasteiger partial charge >= 0.3 is 0 Å². The minimum Gasteiger partial charge on any atom is -0.399 e. The standard InChI is InChI=1S/C15H22N4O/c1-11(2)19(9-5-8-16)15(20)13-10-12(17)6-7-14(13)18(3)4/h6-7,10-11H,5,9,17H2,1-4H3. The molecular formula is C15H22N4O. The maximum atomic E-state index is 12.7. The van der Waals surface area contributed by atoms with Crippen LogP contribution in [0.25, 0.3) is 0 Å². The SMILES string of the molecule is CC(C)N(CCC#N)C(=O)c1cc(N)ccc1N(C)C. The maximum Gasteiger partial charge on any atom is 0.256 e. The third-order valence-corrected chi connectivity index (χ3v) is 3.08. The number of benzene rings is 1. The fourth-order valence-corrected chi connectivity index (χ4v) is 2.03. The van der Waals surface area contributed by atoms with E-state index < -0.39 is 0 Å². The summed E-state index contributed by atoms with van der Waals surface area (Å²) in [6, 6.07) is 7.43. The molecule has 0 aliphatic heterocycles. The van der Waals surface area contributed by atoms with Crippen LogP contribution >= 0.6 is 0 Å². The highest BCUT2D eigenvalue weighted by molar-refractivity contribution is 6.00. The fourth-order valence-electron chi connectivity index (χ4n) is 2.03. The van der Waals surface area contributed by atoms with Crippen molar-refractivity contribution in [3.8, 4) is 6.07 Å². The van der Waals surface area contributed by atoms with Gasteiger partial charge in [-0.1, -0.05) is 0 Å². The van der Waals surface area contributed by atoms with Gasteiger partial charge in [0.1, 0.15) is 0 Å². The Labute approximate surface area is 120 Å². The van der Waals surface area contributed by atoms with Gasteiger partial charge in [0, 0.05) is 38.1 Å². The summed E-state index contributed by atoms with van der Waals surface area (Å²) in [7, 11) is 3.77. The Kier molecular flexibility index (Phi) is 5.39. The van der Waals surface area contributed by atoms with Gasteiger partial charge in [0.25, 0.3) is 5.91 Å². The lowest BCUT2D eigenvalue weighted by molar-refractivity contribution is 0.0711. The lowest BCUT2D eigenvalue weighted by Crippen LogP contribution is -2.38. The average Bonchev–Trinajstić information content (AvgIpc) is 2.38. The summed E-state index contributed by atoms with van der Waals surface area (Å²) in [5.74, 6) is -0.0914. The zero-order chi connectivity index (χ0) is 15.3. The molecule has 0 aliphatic carbocycles. The smallest absolute Gasteiger partial charge is 0.256 e. The fraction of sp³-hybridized carbons (Fsp3) is 0.467. The first-order valence-electron chi connectivity index (χ1n) is 6.63. The monoisotopic (exact) mass is 274 g/mol. The van der Waals surface area contributed by atoms with Crippen LogP contribution in [0.3, 0.4) is 0 Å². The molecule has 108 valence electrons. The van der Waals surface area contributed by atoms with Crippen LogP contribution in [0.1, 0.15) is 30.6 Å². The highest BCUT2D eigenvalue weighted by Crippen LogP contribution is 2.23. The second-order valence-electron chi connectivity index (χ2n) is 5.17. The first-order valence-corrected chi connectivity index (χ1v) is 6.63. The van der Waals surface area contributed by atoms with Crippen LogP contribution in [-0.4, -0.2) is 37.5 Å². The van der Waals surface area contributed by atoms with Gasteiger partial charge in [-0.05, 0) is 32.0 Å². The number of nitrogens with zero attached hydrogens (tertiary/aromatic N) is 3. The minimum atomic E-state index is -0.0914. The van der Waals surface area contributed by atoms with Gasteiger partial charge in [0.15, 0.2) is 0 Å². The van der Waals surface area contributed by atoms with Crippen LogP contribution in [0.4, 0.5) is 11.4 Å². The van der Waals surface area contributed by atoms with E-state index in [1.54, 1.807) is 17.0 Å². The van der Waals surface area contributed by atoms with Crippen molar-refractivity contribution in [2.75, 3.05) is 31.3 Å². The molecule has 0 saturated heterocycles. The number of rotatable bonds is 5. The predicted molar refractivity (Wildman–Crippen MR) is 81.6 cm³/mol. The molecule has 1 aromatic rings. The predicted octanol–water partition coefficient (Wildman–Crippen LogP) is 2.10. The Hall–Kier alpha value is -2.22. The van der Waals surface area contributed by atoms with Crippen LogP contribution in [0, 0.1) is 11.3 Å². The van der Waals surface area contributed by atoms with Crippen molar-refractivity contribution in [1.82, 2.24) is 4.90 Å². The second-order valence-corrected chi connectivity index (χ2v) is 5.17. The molecule has 0 saturated carbocycles. The Morgan fingerprint density at radius 3 is 2.55 bits per heavy atom. The number of nitrogens with two attached hydrogens (primary N) is 1. The number of nitriles is 1. The van der Waals surface area contributed by atoms with E-state index in [0.717, 1.165) is 5.69 Å². The van der Waals surface area contributed by atoms with Gasteiger partial charge in [-0.25, -0.2) is 0 Å². The molecule has 2 N–H and O–H groups in total. The Morgan fingerprint density at radius 1 is 1.40 bits per heavy atom. The van der Waals surface area contributed by atoms with Crippen molar-refractivity contribution in [2.45, 2.75) is 26.3 Å². The number of anilines is 2. The molecule has 0 heterocycles. The molecule has 0 aromatic heterocycles. The van der Waals surface area contributed by atoms with Crippen LogP contribution in [-0.2, 0) is 0 Å². The van der Waals surface area contributed by atoms with E-state index in [0.29, 0.717) is 24.2 Å². The van der Waals surface area contributed by atoms with Gasteiger partial charge in [0.05, 0.1) is 18.1 Å².